The number of nitrogens with one attached hydrogen (secondary N) is 2. The van der Waals surface area contributed by atoms with Crippen molar-refractivity contribution in [1.82, 2.24) is 24.9 Å². The van der Waals surface area contributed by atoms with Gasteiger partial charge in [-0.25, -0.2) is 4.98 Å². The van der Waals surface area contributed by atoms with Crippen LogP contribution in [0.5, 0.6) is 0 Å². The van der Waals surface area contributed by atoms with Gasteiger partial charge in [0.1, 0.15) is 11.4 Å². The molecule has 3 aromatic heterocycles. The molecular weight excluding hydrogens is 411 g/mol. The maximum atomic E-state index is 13.1. The summed E-state index contributed by atoms with van der Waals surface area (Å²) in [6.45, 7) is 5.42. The number of hydrogen-bond acceptors (Lipinski definition) is 8. The average molecular weight is 433 g/mol. The van der Waals surface area contributed by atoms with E-state index in [2.05, 4.69) is 35.6 Å². The summed E-state index contributed by atoms with van der Waals surface area (Å²) in [5.41, 5.74) is 0.205. The van der Waals surface area contributed by atoms with E-state index >= 15 is 0 Å². The molecule has 3 aromatic rings. The molecule has 11 heteroatoms. The molecule has 1 atom stereocenters. The van der Waals surface area contributed by atoms with Gasteiger partial charge in [-0.1, -0.05) is 6.07 Å². The van der Waals surface area contributed by atoms with Gasteiger partial charge in [-0.2, -0.15) is 28.1 Å². The SMILES string of the molecule is CC(O)Cc1cc(Nc2nc(NC(C)C)nc(-c3cccc(C(F)(F)F)n3)n2)ccn1. The van der Waals surface area contributed by atoms with Crippen LogP contribution in [-0.4, -0.2) is 42.2 Å². The van der Waals surface area contributed by atoms with E-state index in [9.17, 15) is 18.3 Å². The van der Waals surface area contributed by atoms with Crippen LogP contribution >= 0.6 is 0 Å². The summed E-state index contributed by atoms with van der Waals surface area (Å²) in [4.78, 5) is 20.6. The van der Waals surface area contributed by atoms with Gasteiger partial charge in [0, 0.05) is 30.0 Å². The molecule has 0 fully saturated rings. The number of hydrogen-bond donors (Lipinski definition) is 3. The molecule has 0 saturated carbocycles. The van der Waals surface area contributed by atoms with Crippen LogP contribution in [0.1, 0.15) is 32.2 Å². The zero-order valence-electron chi connectivity index (χ0n) is 17.1. The number of aliphatic hydroxyl groups is 1. The van der Waals surface area contributed by atoms with Crippen molar-refractivity contribution in [1.29, 1.82) is 0 Å². The molecule has 0 aliphatic rings. The summed E-state index contributed by atoms with van der Waals surface area (Å²) in [6, 6.07) is 6.94. The fraction of sp³-hybridized carbons (Fsp3) is 0.350. The van der Waals surface area contributed by atoms with Crippen molar-refractivity contribution in [2.24, 2.45) is 0 Å². The molecule has 164 valence electrons. The fourth-order valence-corrected chi connectivity index (χ4v) is 2.69. The molecule has 0 saturated heterocycles. The van der Waals surface area contributed by atoms with Crippen LogP contribution < -0.4 is 10.6 Å². The quantitative estimate of drug-likeness (QED) is 0.516. The highest BCUT2D eigenvalue weighted by Gasteiger charge is 2.32. The maximum Gasteiger partial charge on any atom is 0.433 e. The van der Waals surface area contributed by atoms with Crippen LogP contribution in [0.15, 0.2) is 36.5 Å². The number of anilines is 3. The molecule has 0 spiro atoms. The van der Waals surface area contributed by atoms with Gasteiger partial charge >= 0.3 is 6.18 Å². The van der Waals surface area contributed by atoms with Crippen molar-refractivity contribution < 1.29 is 18.3 Å². The van der Waals surface area contributed by atoms with Crippen LogP contribution in [-0.2, 0) is 12.6 Å². The van der Waals surface area contributed by atoms with E-state index in [0.717, 1.165) is 6.07 Å². The Labute approximate surface area is 177 Å². The van der Waals surface area contributed by atoms with Gasteiger partial charge in [0.05, 0.1) is 6.10 Å². The van der Waals surface area contributed by atoms with Crippen LogP contribution in [0.4, 0.5) is 30.8 Å². The van der Waals surface area contributed by atoms with Crippen LogP contribution in [0.2, 0.25) is 0 Å². The van der Waals surface area contributed by atoms with E-state index in [0.29, 0.717) is 17.8 Å². The standard InChI is InChI=1S/C20H22F3N7O/c1-11(2)25-18-28-17(15-5-4-6-16(27-15)20(21,22)23)29-19(30-18)26-13-7-8-24-14(10-13)9-12(3)31/h4-8,10-12,31H,9H2,1-3H3,(H2,24,25,26,28,29,30). The van der Waals surface area contributed by atoms with Gasteiger partial charge in [0.15, 0.2) is 5.82 Å². The first-order chi connectivity index (χ1) is 14.6. The van der Waals surface area contributed by atoms with E-state index in [4.69, 9.17) is 0 Å². The Bertz CT molecular complexity index is 1040. The molecule has 8 nitrogen and oxygen atoms in total. The van der Waals surface area contributed by atoms with E-state index < -0.39 is 18.0 Å². The number of nitrogens with zero attached hydrogens (tertiary/aromatic N) is 5. The van der Waals surface area contributed by atoms with Gasteiger partial charge < -0.3 is 15.7 Å². The zero-order chi connectivity index (χ0) is 22.6. The van der Waals surface area contributed by atoms with Gasteiger partial charge in [0.25, 0.3) is 0 Å². The molecular formula is C20H22F3N7O. The summed E-state index contributed by atoms with van der Waals surface area (Å²) in [5, 5.41) is 15.6. The molecule has 0 bridgehead atoms. The highest BCUT2D eigenvalue weighted by Crippen LogP contribution is 2.29. The molecule has 3 rings (SSSR count). The Hall–Kier alpha value is -3.34. The second-order valence-electron chi connectivity index (χ2n) is 7.23. The van der Waals surface area contributed by atoms with Crippen molar-refractivity contribution >= 4 is 17.6 Å². The lowest BCUT2D eigenvalue weighted by Gasteiger charge is -2.13. The number of aliphatic hydroxyl groups excluding tert-OH is 1. The maximum absolute atomic E-state index is 13.1. The fourth-order valence-electron chi connectivity index (χ4n) is 2.69. The number of halogens is 3. The highest BCUT2D eigenvalue weighted by atomic mass is 19.4. The second-order valence-corrected chi connectivity index (χ2v) is 7.23. The van der Waals surface area contributed by atoms with Gasteiger partial charge in [-0.3, -0.25) is 4.98 Å². The Balaban J connectivity index is 1.98. The zero-order valence-corrected chi connectivity index (χ0v) is 17.1. The van der Waals surface area contributed by atoms with Gasteiger partial charge in [-0.15, -0.1) is 0 Å². The third-order valence-corrected chi connectivity index (χ3v) is 3.90. The minimum absolute atomic E-state index is 0.00925. The van der Waals surface area contributed by atoms with Crippen molar-refractivity contribution in [2.75, 3.05) is 10.6 Å². The molecule has 0 aliphatic heterocycles. The van der Waals surface area contributed by atoms with E-state index in [1.807, 2.05) is 13.8 Å². The van der Waals surface area contributed by atoms with Crippen molar-refractivity contribution in [2.45, 2.75) is 45.5 Å². The Kier molecular flexibility index (Phi) is 6.64. The molecule has 0 amide bonds. The summed E-state index contributed by atoms with van der Waals surface area (Å²) < 4.78 is 39.2. The molecule has 0 aliphatic carbocycles. The third kappa shape index (κ3) is 6.32. The van der Waals surface area contributed by atoms with E-state index in [-0.39, 0.29) is 29.5 Å². The Morgan fingerprint density at radius 2 is 1.74 bits per heavy atom. The average Bonchev–Trinajstić information content (AvgIpc) is 2.66. The van der Waals surface area contributed by atoms with Crippen molar-refractivity contribution in [3.05, 3.63) is 47.9 Å². The lowest BCUT2D eigenvalue weighted by atomic mass is 10.2. The largest absolute Gasteiger partial charge is 0.433 e. The lowest BCUT2D eigenvalue weighted by molar-refractivity contribution is -0.141. The Morgan fingerprint density at radius 3 is 2.42 bits per heavy atom. The number of aromatic nitrogens is 5. The first-order valence-electron chi connectivity index (χ1n) is 9.57. The van der Waals surface area contributed by atoms with Crippen LogP contribution in [0.25, 0.3) is 11.5 Å². The van der Waals surface area contributed by atoms with Crippen molar-refractivity contribution in [3.63, 3.8) is 0 Å². The minimum Gasteiger partial charge on any atom is -0.393 e. The summed E-state index contributed by atoms with van der Waals surface area (Å²) >= 11 is 0. The van der Waals surface area contributed by atoms with E-state index in [1.54, 1.807) is 25.3 Å². The summed E-state index contributed by atoms with van der Waals surface area (Å²) in [7, 11) is 0. The lowest BCUT2D eigenvalue weighted by Crippen LogP contribution is -2.15. The molecule has 0 radical (unpaired) electrons. The topological polar surface area (TPSA) is 109 Å². The molecule has 3 N–H and O–H groups in total. The predicted molar refractivity (Wildman–Crippen MR) is 110 cm³/mol. The van der Waals surface area contributed by atoms with Crippen LogP contribution in [0.3, 0.4) is 0 Å². The molecule has 3 heterocycles. The summed E-state index contributed by atoms with van der Waals surface area (Å²) in [6.07, 6.45) is -3.20. The minimum atomic E-state index is -4.58. The first kappa shape index (κ1) is 22.3. The van der Waals surface area contributed by atoms with Crippen LogP contribution in [0, 0.1) is 0 Å². The monoisotopic (exact) mass is 433 g/mol. The normalized spacial score (nSPS) is 12.6. The number of rotatable bonds is 7. The predicted octanol–water partition coefficient (Wildman–Crippen LogP) is 3.83. The van der Waals surface area contributed by atoms with Gasteiger partial charge in [-0.05, 0) is 45.0 Å². The van der Waals surface area contributed by atoms with Crippen molar-refractivity contribution in [3.8, 4) is 11.5 Å². The molecule has 0 aromatic carbocycles. The Morgan fingerprint density at radius 1 is 1.00 bits per heavy atom. The first-order valence-corrected chi connectivity index (χ1v) is 9.57. The second kappa shape index (κ2) is 9.21. The number of alkyl halides is 3. The molecule has 31 heavy (non-hydrogen) atoms. The molecule has 1 unspecified atom stereocenters. The van der Waals surface area contributed by atoms with E-state index in [1.165, 1.54) is 12.1 Å². The summed E-state index contributed by atoms with van der Waals surface area (Å²) in [5.74, 6) is 0.312. The highest BCUT2D eigenvalue weighted by molar-refractivity contribution is 5.59. The smallest absolute Gasteiger partial charge is 0.393 e. The third-order valence-electron chi connectivity index (χ3n) is 3.90. The van der Waals surface area contributed by atoms with Gasteiger partial charge in [0.2, 0.25) is 11.9 Å². The number of pyridine rings is 2.